The molecule has 3 amide bonds. The van der Waals surface area contributed by atoms with Crippen molar-refractivity contribution in [2.45, 2.75) is 102 Å². The number of benzene rings is 1. The van der Waals surface area contributed by atoms with Gasteiger partial charge in [-0.25, -0.2) is 0 Å². The van der Waals surface area contributed by atoms with Crippen LogP contribution in [0.4, 0.5) is 0 Å². The second kappa shape index (κ2) is 10.0. The molecule has 5 rings (SSSR count). The first-order valence-electron chi connectivity index (χ1n) is 14.0. The van der Waals surface area contributed by atoms with Crippen molar-refractivity contribution in [3.8, 4) is 0 Å². The molecule has 0 aromatic heterocycles. The Hall–Kier alpha value is -2.45. The van der Waals surface area contributed by atoms with Crippen LogP contribution in [0.1, 0.15) is 71.3 Å². The smallest absolute Gasteiger partial charge is 0.246 e. The maximum atomic E-state index is 14.2. The third-order valence-corrected chi connectivity index (χ3v) is 9.32. The molecule has 37 heavy (non-hydrogen) atoms. The maximum absolute atomic E-state index is 14.2. The molecule has 3 saturated heterocycles. The number of fused-ring (bicyclic) bond motifs is 1. The summed E-state index contributed by atoms with van der Waals surface area (Å²) >= 11 is 0. The van der Waals surface area contributed by atoms with Crippen LogP contribution in [0, 0.1) is 17.8 Å². The van der Waals surface area contributed by atoms with Crippen LogP contribution in [0.3, 0.4) is 0 Å². The Labute approximate surface area is 219 Å². The van der Waals surface area contributed by atoms with E-state index in [1.54, 1.807) is 4.90 Å². The van der Waals surface area contributed by atoms with Gasteiger partial charge in [-0.1, -0.05) is 63.4 Å². The third-order valence-electron chi connectivity index (χ3n) is 9.32. The SMILES string of the molecule is CC(C)[C@H](CO)N1C(=O)[C@@H]2[C@H](C(=O)NCc3ccccc3)[C@]3(C)CCC2(O3)C1C(=O)NC1CCCCC1. The molecule has 1 spiro atoms. The van der Waals surface area contributed by atoms with E-state index in [-0.39, 0.29) is 36.3 Å². The average Bonchev–Trinajstić information content (AvgIpc) is 3.45. The number of likely N-dealkylation sites (tertiary alicyclic amines) is 1. The predicted molar refractivity (Wildman–Crippen MR) is 138 cm³/mol. The van der Waals surface area contributed by atoms with Crippen molar-refractivity contribution in [1.29, 1.82) is 0 Å². The summed E-state index contributed by atoms with van der Waals surface area (Å²) in [5, 5.41) is 16.6. The standard InChI is InChI=1S/C29H41N3O5/c1-18(2)21(17-33)32-24(26(35)31-20-12-8-5-9-13-20)29-15-14-28(3,37-29)22(23(29)27(32)36)25(34)30-16-19-10-6-4-7-11-19/h4,6-7,10-11,18,20-24,33H,5,8-9,12-17H2,1-3H3,(H,30,34)(H,31,35)/t21-,22+,23-,24?,28-,29?/m0/s1. The zero-order chi connectivity index (χ0) is 26.4. The highest BCUT2D eigenvalue weighted by atomic mass is 16.5. The number of nitrogens with one attached hydrogen (secondary N) is 2. The lowest BCUT2D eigenvalue weighted by Gasteiger charge is -2.39. The lowest BCUT2D eigenvalue weighted by Crippen LogP contribution is -2.60. The number of ether oxygens (including phenoxy) is 1. The topological polar surface area (TPSA) is 108 Å². The molecule has 8 heteroatoms. The van der Waals surface area contributed by atoms with Crippen LogP contribution in [0.25, 0.3) is 0 Å². The van der Waals surface area contributed by atoms with Crippen LogP contribution < -0.4 is 10.6 Å². The van der Waals surface area contributed by atoms with Gasteiger partial charge in [-0.2, -0.15) is 0 Å². The first kappa shape index (κ1) is 26.2. The number of nitrogens with zero attached hydrogens (tertiary/aromatic N) is 1. The van der Waals surface area contributed by atoms with Crippen molar-refractivity contribution < 1.29 is 24.2 Å². The molecule has 3 heterocycles. The van der Waals surface area contributed by atoms with Crippen LogP contribution >= 0.6 is 0 Å². The number of hydrogen-bond acceptors (Lipinski definition) is 5. The van der Waals surface area contributed by atoms with Gasteiger partial charge in [0.2, 0.25) is 17.7 Å². The van der Waals surface area contributed by atoms with Crippen molar-refractivity contribution in [2.75, 3.05) is 6.61 Å². The molecule has 1 aliphatic carbocycles. The van der Waals surface area contributed by atoms with Gasteiger partial charge in [0.15, 0.2) is 0 Å². The number of hydrogen-bond donors (Lipinski definition) is 3. The van der Waals surface area contributed by atoms with Crippen molar-refractivity contribution in [3.05, 3.63) is 35.9 Å². The Morgan fingerprint density at radius 1 is 1.11 bits per heavy atom. The summed E-state index contributed by atoms with van der Waals surface area (Å²) in [4.78, 5) is 43.4. The molecule has 4 aliphatic rings. The van der Waals surface area contributed by atoms with Gasteiger partial charge in [0.25, 0.3) is 0 Å². The number of carbonyl (C=O) groups excluding carboxylic acids is 3. The highest BCUT2D eigenvalue weighted by Gasteiger charge is 2.78. The zero-order valence-corrected chi connectivity index (χ0v) is 22.2. The van der Waals surface area contributed by atoms with E-state index in [4.69, 9.17) is 4.74 Å². The van der Waals surface area contributed by atoms with Gasteiger partial charge < -0.3 is 25.4 Å². The summed E-state index contributed by atoms with van der Waals surface area (Å²) in [5.41, 5.74) is -0.908. The van der Waals surface area contributed by atoms with Crippen LogP contribution in [0.15, 0.2) is 30.3 Å². The molecule has 3 N–H and O–H groups in total. The van der Waals surface area contributed by atoms with Gasteiger partial charge in [-0.05, 0) is 44.1 Å². The van der Waals surface area contributed by atoms with E-state index in [0.29, 0.717) is 19.4 Å². The van der Waals surface area contributed by atoms with Gasteiger partial charge in [0.1, 0.15) is 11.6 Å². The number of aliphatic hydroxyl groups excluding tert-OH is 1. The molecule has 2 unspecified atom stereocenters. The van der Waals surface area contributed by atoms with Gasteiger partial charge in [-0.15, -0.1) is 0 Å². The van der Waals surface area contributed by atoms with E-state index in [9.17, 15) is 19.5 Å². The molecule has 4 fully saturated rings. The first-order valence-corrected chi connectivity index (χ1v) is 14.0. The fraction of sp³-hybridized carbons (Fsp3) is 0.690. The van der Waals surface area contributed by atoms with E-state index in [0.717, 1.165) is 31.2 Å². The molecule has 1 aromatic rings. The zero-order valence-electron chi connectivity index (χ0n) is 22.2. The molecule has 8 nitrogen and oxygen atoms in total. The van der Waals surface area contributed by atoms with E-state index < -0.39 is 35.1 Å². The summed E-state index contributed by atoms with van der Waals surface area (Å²) in [7, 11) is 0. The van der Waals surface area contributed by atoms with E-state index in [1.807, 2.05) is 51.1 Å². The van der Waals surface area contributed by atoms with Crippen molar-refractivity contribution in [3.63, 3.8) is 0 Å². The molecular weight excluding hydrogens is 470 g/mol. The highest BCUT2D eigenvalue weighted by molar-refractivity contribution is 5.99. The van der Waals surface area contributed by atoms with Crippen molar-refractivity contribution in [1.82, 2.24) is 15.5 Å². The Morgan fingerprint density at radius 2 is 1.81 bits per heavy atom. The lowest BCUT2D eigenvalue weighted by molar-refractivity contribution is -0.151. The Morgan fingerprint density at radius 3 is 2.46 bits per heavy atom. The summed E-state index contributed by atoms with van der Waals surface area (Å²) in [6, 6.07) is 8.36. The molecule has 2 bridgehead atoms. The molecule has 0 radical (unpaired) electrons. The van der Waals surface area contributed by atoms with Crippen molar-refractivity contribution in [2.24, 2.45) is 17.8 Å². The average molecular weight is 512 g/mol. The second-order valence-electron chi connectivity index (χ2n) is 12.0. The molecular formula is C29H41N3O5. The van der Waals surface area contributed by atoms with Crippen LogP contribution in [-0.2, 0) is 25.7 Å². The third kappa shape index (κ3) is 4.36. The number of rotatable bonds is 8. The van der Waals surface area contributed by atoms with Crippen LogP contribution in [0.5, 0.6) is 0 Å². The summed E-state index contributed by atoms with van der Waals surface area (Å²) in [5.74, 6) is -2.19. The minimum Gasteiger partial charge on any atom is -0.394 e. The lowest BCUT2D eigenvalue weighted by atomic mass is 9.66. The highest BCUT2D eigenvalue weighted by Crippen LogP contribution is 2.63. The summed E-state index contributed by atoms with van der Waals surface area (Å²) in [6.07, 6.45) is 6.34. The molecule has 1 saturated carbocycles. The predicted octanol–water partition coefficient (Wildman–Crippen LogP) is 2.53. The quantitative estimate of drug-likeness (QED) is 0.497. The molecule has 6 atom stereocenters. The summed E-state index contributed by atoms with van der Waals surface area (Å²) < 4.78 is 6.69. The van der Waals surface area contributed by atoms with E-state index >= 15 is 0 Å². The van der Waals surface area contributed by atoms with Gasteiger partial charge in [-0.3, -0.25) is 14.4 Å². The van der Waals surface area contributed by atoms with E-state index in [2.05, 4.69) is 10.6 Å². The monoisotopic (exact) mass is 511 g/mol. The fourth-order valence-corrected chi connectivity index (χ4v) is 7.46. The normalized spacial score (nSPS) is 34.0. The van der Waals surface area contributed by atoms with Gasteiger partial charge in [0.05, 0.1) is 30.1 Å². The minimum atomic E-state index is -1.07. The molecule has 1 aromatic carbocycles. The fourth-order valence-electron chi connectivity index (χ4n) is 7.46. The van der Waals surface area contributed by atoms with Crippen LogP contribution in [0.2, 0.25) is 0 Å². The maximum Gasteiger partial charge on any atom is 0.246 e. The minimum absolute atomic E-state index is 0.0627. The second-order valence-corrected chi connectivity index (χ2v) is 12.0. The number of aliphatic hydroxyl groups is 1. The molecule has 202 valence electrons. The Kier molecular flexibility index (Phi) is 7.09. The number of amides is 3. The molecule has 3 aliphatic heterocycles. The van der Waals surface area contributed by atoms with Crippen molar-refractivity contribution >= 4 is 17.7 Å². The van der Waals surface area contributed by atoms with Gasteiger partial charge in [0, 0.05) is 12.6 Å². The summed E-state index contributed by atoms with van der Waals surface area (Å²) in [6.45, 7) is 5.91. The largest absolute Gasteiger partial charge is 0.394 e. The Balaban J connectivity index is 1.47. The Bertz CT molecular complexity index is 1030. The van der Waals surface area contributed by atoms with Crippen LogP contribution in [-0.4, -0.2) is 63.7 Å². The first-order chi connectivity index (χ1) is 17.7. The van der Waals surface area contributed by atoms with E-state index in [1.165, 1.54) is 6.42 Å². The number of carbonyl (C=O) groups is 3. The van der Waals surface area contributed by atoms with Gasteiger partial charge >= 0.3 is 0 Å².